The van der Waals surface area contributed by atoms with Crippen LogP contribution in [-0.2, 0) is 4.74 Å². The number of carbonyl (C=O) groups excluding carboxylic acids is 1. The first-order chi connectivity index (χ1) is 7.29. The lowest BCUT2D eigenvalue weighted by Gasteiger charge is -2.24. The molecule has 0 radical (unpaired) electrons. The summed E-state index contributed by atoms with van der Waals surface area (Å²) in [5.41, 5.74) is 0.378. The van der Waals surface area contributed by atoms with E-state index >= 15 is 0 Å². The number of anilines is 1. The van der Waals surface area contributed by atoms with E-state index in [0.29, 0.717) is 5.82 Å². The largest absolute Gasteiger partial charge is 0.443 e. The molecule has 0 spiro atoms. The van der Waals surface area contributed by atoms with E-state index in [1.54, 1.807) is 13.1 Å². The fraction of sp³-hybridized carbons (Fsp3) is 0.500. The fourth-order valence-electron chi connectivity index (χ4n) is 1.14. The van der Waals surface area contributed by atoms with E-state index in [9.17, 15) is 4.79 Å². The topological polar surface area (TPSA) is 42.4 Å². The fourth-order valence-corrected chi connectivity index (χ4v) is 1.14. The Morgan fingerprint density at radius 3 is 2.50 bits per heavy atom. The highest BCUT2D eigenvalue weighted by molar-refractivity contribution is 5.85. The van der Waals surface area contributed by atoms with Crippen molar-refractivity contribution in [2.75, 3.05) is 11.9 Å². The Bertz CT molecular complexity index is 383. The Labute approximate surface area is 96.2 Å². The average Bonchev–Trinajstić information content (AvgIpc) is 2.14. The molecule has 0 atom stereocenters. The van der Waals surface area contributed by atoms with E-state index in [0.717, 1.165) is 5.69 Å². The number of hydrogen-bond donors (Lipinski definition) is 0. The second-order valence-corrected chi connectivity index (χ2v) is 4.68. The molecule has 1 heterocycles. The quantitative estimate of drug-likeness (QED) is 0.733. The van der Waals surface area contributed by atoms with Crippen molar-refractivity contribution in [3.05, 3.63) is 23.9 Å². The molecule has 1 aromatic heterocycles. The third kappa shape index (κ3) is 3.53. The van der Waals surface area contributed by atoms with Crippen molar-refractivity contribution < 1.29 is 9.53 Å². The number of nitrogens with zero attached hydrogens (tertiary/aromatic N) is 2. The minimum atomic E-state index is -0.491. The van der Waals surface area contributed by atoms with Gasteiger partial charge in [0.05, 0.1) is 0 Å². The number of amides is 1. The number of pyridine rings is 1. The molecule has 88 valence electrons. The molecule has 0 unspecified atom stereocenters. The van der Waals surface area contributed by atoms with Crippen LogP contribution in [0.5, 0.6) is 0 Å². The molecule has 0 fully saturated rings. The summed E-state index contributed by atoms with van der Waals surface area (Å²) in [5, 5.41) is 0. The molecule has 0 saturated carbocycles. The molecule has 0 aromatic carbocycles. The van der Waals surface area contributed by atoms with Crippen LogP contribution in [0, 0.1) is 6.92 Å². The zero-order valence-electron chi connectivity index (χ0n) is 10.4. The predicted octanol–water partition coefficient (Wildman–Crippen LogP) is 2.76. The van der Waals surface area contributed by atoms with Crippen molar-refractivity contribution in [1.29, 1.82) is 0 Å². The summed E-state index contributed by atoms with van der Waals surface area (Å²) in [6, 6.07) is 5.52. The minimum Gasteiger partial charge on any atom is -0.443 e. The Morgan fingerprint density at radius 1 is 1.38 bits per heavy atom. The minimum absolute atomic E-state index is 0.398. The summed E-state index contributed by atoms with van der Waals surface area (Å²) < 4.78 is 5.24. The first-order valence-electron chi connectivity index (χ1n) is 5.20. The maximum atomic E-state index is 11.7. The normalized spacial score (nSPS) is 11.1. The Kier molecular flexibility index (Phi) is 3.52. The van der Waals surface area contributed by atoms with Crippen molar-refractivity contribution in [3.63, 3.8) is 0 Å². The molecule has 16 heavy (non-hydrogen) atoms. The van der Waals surface area contributed by atoms with Crippen LogP contribution >= 0.6 is 0 Å². The summed E-state index contributed by atoms with van der Waals surface area (Å²) >= 11 is 0. The van der Waals surface area contributed by atoms with Gasteiger partial charge in [-0.3, -0.25) is 4.90 Å². The molecular formula is C12H18N2O2. The number of aryl methyl sites for hydroxylation is 1. The maximum Gasteiger partial charge on any atom is 0.415 e. The van der Waals surface area contributed by atoms with Crippen molar-refractivity contribution in [3.8, 4) is 0 Å². The van der Waals surface area contributed by atoms with Crippen LogP contribution < -0.4 is 4.90 Å². The van der Waals surface area contributed by atoms with Crippen molar-refractivity contribution in [2.24, 2.45) is 0 Å². The molecule has 1 amide bonds. The van der Waals surface area contributed by atoms with Gasteiger partial charge in [0.15, 0.2) is 0 Å². The summed E-state index contributed by atoms with van der Waals surface area (Å²) in [6.07, 6.45) is -0.398. The Morgan fingerprint density at radius 2 is 2.00 bits per heavy atom. The van der Waals surface area contributed by atoms with Gasteiger partial charge in [0.1, 0.15) is 11.4 Å². The van der Waals surface area contributed by atoms with Gasteiger partial charge in [-0.2, -0.15) is 0 Å². The molecule has 0 aliphatic carbocycles. The number of aromatic nitrogens is 1. The Hall–Kier alpha value is -1.58. The maximum absolute atomic E-state index is 11.7. The van der Waals surface area contributed by atoms with Gasteiger partial charge in [0, 0.05) is 12.7 Å². The van der Waals surface area contributed by atoms with Crippen LogP contribution in [0.25, 0.3) is 0 Å². The summed E-state index contributed by atoms with van der Waals surface area (Å²) in [7, 11) is 1.65. The lowest BCUT2D eigenvalue weighted by molar-refractivity contribution is 0.0588. The van der Waals surface area contributed by atoms with Gasteiger partial charge in [0.2, 0.25) is 0 Å². The molecular weight excluding hydrogens is 204 g/mol. The van der Waals surface area contributed by atoms with Crippen molar-refractivity contribution in [2.45, 2.75) is 33.3 Å². The first kappa shape index (κ1) is 12.5. The highest BCUT2D eigenvalue weighted by atomic mass is 16.6. The van der Waals surface area contributed by atoms with E-state index in [1.165, 1.54) is 4.90 Å². The molecule has 0 saturated heterocycles. The zero-order chi connectivity index (χ0) is 12.3. The molecule has 0 bridgehead atoms. The van der Waals surface area contributed by atoms with Gasteiger partial charge in [-0.05, 0) is 39.8 Å². The van der Waals surface area contributed by atoms with Gasteiger partial charge >= 0.3 is 6.09 Å². The number of hydrogen-bond acceptors (Lipinski definition) is 3. The molecule has 4 nitrogen and oxygen atoms in total. The van der Waals surface area contributed by atoms with E-state index in [1.807, 2.05) is 39.8 Å². The van der Waals surface area contributed by atoms with Gasteiger partial charge in [-0.1, -0.05) is 6.07 Å². The first-order valence-corrected chi connectivity index (χ1v) is 5.20. The van der Waals surface area contributed by atoms with E-state index < -0.39 is 11.7 Å². The highest BCUT2D eigenvalue weighted by Crippen LogP contribution is 2.14. The van der Waals surface area contributed by atoms with E-state index in [-0.39, 0.29) is 0 Å². The lowest BCUT2D eigenvalue weighted by Crippen LogP contribution is -2.34. The molecule has 0 N–H and O–H groups in total. The average molecular weight is 222 g/mol. The van der Waals surface area contributed by atoms with E-state index in [4.69, 9.17) is 4.74 Å². The highest BCUT2D eigenvalue weighted by Gasteiger charge is 2.20. The van der Waals surface area contributed by atoms with Crippen molar-refractivity contribution in [1.82, 2.24) is 4.98 Å². The smallest absolute Gasteiger partial charge is 0.415 e. The van der Waals surface area contributed by atoms with Crippen LogP contribution in [0.4, 0.5) is 10.6 Å². The van der Waals surface area contributed by atoms with Gasteiger partial charge < -0.3 is 4.74 Å². The molecule has 1 rings (SSSR count). The second kappa shape index (κ2) is 4.51. The molecule has 0 aliphatic heterocycles. The number of rotatable bonds is 1. The third-order valence-corrected chi connectivity index (χ3v) is 1.88. The molecule has 4 heteroatoms. The standard InChI is InChI=1S/C12H18N2O2/c1-9-7-6-8-10(13-9)14(5)11(15)16-12(2,3)4/h6-8H,1-5H3. The van der Waals surface area contributed by atoms with Crippen LogP contribution in [-0.4, -0.2) is 23.7 Å². The van der Waals surface area contributed by atoms with Crippen molar-refractivity contribution >= 4 is 11.9 Å². The zero-order valence-corrected chi connectivity index (χ0v) is 10.4. The number of ether oxygens (including phenoxy) is 1. The van der Waals surface area contributed by atoms with Gasteiger partial charge in [0.25, 0.3) is 0 Å². The predicted molar refractivity (Wildman–Crippen MR) is 63.6 cm³/mol. The Balaban J connectivity index is 2.78. The summed E-state index contributed by atoms with van der Waals surface area (Å²) in [4.78, 5) is 17.4. The SMILES string of the molecule is Cc1cccc(N(C)C(=O)OC(C)(C)C)n1. The third-order valence-electron chi connectivity index (χ3n) is 1.88. The van der Waals surface area contributed by atoms with Gasteiger partial charge in [-0.15, -0.1) is 0 Å². The van der Waals surface area contributed by atoms with Gasteiger partial charge in [-0.25, -0.2) is 9.78 Å². The monoisotopic (exact) mass is 222 g/mol. The number of carbonyl (C=O) groups is 1. The van der Waals surface area contributed by atoms with Crippen LogP contribution in [0.2, 0.25) is 0 Å². The second-order valence-electron chi connectivity index (χ2n) is 4.68. The van der Waals surface area contributed by atoms with E-state index in [2.05, 4.69) is 4.98 Å². The van der Waals surface area contributed by atoms with Crippen LogP contribution in [0.1, 0.15) is 26.5 Å². The summed E-state index contributed by atoms with van der Waals surface area (Å²) in [6.45, 7) is 7.39. The lowest BCUT2D eigenvalue weighted by atomic mass is 10.2. The summed E-state index contributed by atoms with van der Waals surface area (Å²) in [5.74, 6) is 0.592. The van der Waals surface area contributed by atoms with Crippen LogP contribution in [0.3, 0.4) is 0 Å². The molecule has 0 aliphatic rings. The molecule has 1 aromatic rings. The van der Waals surface area contributed by atoms with Crippen LogP contribution in [0.15, 0.2) is 18.2 Å².